The van der Waals surface area contributed by atoms with Gasteiger partial charge in [0.15, 0.2) is 11.5 Å². The largest absolute Gasteiger partial charge is 0.497 e. The number of halogens is 3. The first-order valence-electron chi connectivity index (χ1n) is 10.4. The minimum atomic E-state index is -4.63. The number of fused-ring (bicyclic) bond motifs is 1. The van der Waals surface area contributed by atoms with Gasteiger partial charge in [-0.25, -0.2) is 9.97 Å². The third kappa shape index (κ3) is 4.94. The first-order chi connectivity index (χ1) is 15.8. The van der Waals surface area contributed by atoms with Gasteiger partial charge in [-0.15, -0.1) is 0 Å². The van der Waals surface area contributed by atoms with E-state index in [4.69, 9.17) is 9.47 Å². The molecule has 0 bridgehead atoms. The zero-order chi connectivity index (χ0) is 23.6. The second-order valence-electron chi connectivity index (χ2n) is 7.73. The van der Waals surface area contributed by atoms with Crippen LogP contribution < -0.4 is 19.7 Å². The van der Waals surface area contributed by atoms with E-state index in [0.29, 0.717) is 35.5 Å². The molecular formula is C23H23F3N4O3. The Morgan fingerprint density at radius 2 is 1.58 bits per heavy atom. The standard InChI is InChI=1S/C23H23F3N4O3/c1-32-16-11-15(12-17(13-16)33-2)27-22(31)14-7-9-30(10-8-14)21-20(23(24,25)26)28-18-5-3-4-6-19(18)29-21/h3-6,11-14H,7-10H2,1-2H3,(H,27,31). The molecule has 0 atom stereocenters. The summed E-state index contributed by atoms with van der Waals surface area (Å²) in [6.07, 6.45) is -3.86. The molecule has 1 aromatic heterocycles. The number of methoxy groups -OCH3 is 2. The van der Waals surface area contributed by atoms with Crippen LogP contribution in [0.1, 0.15) is 18.5 Å². The van der Waals surface area contributed by atoms with Gasteiger partial charge >= 0.3 is 6.18 Å². The van der Waals surface area contributed by atoms with Gasteiger partial charge in [0.1, 0.15) is 11.5 Å². The highest BCUT2D eigenvalue weighted by atomic mass is 19.4. The number of nitrogens with one attached hydrogen (secondary N) is 1. The summed E-state index contributed by atoms with van der Waals surface area (Å²) >= 11 is 0. The summed E-state index contributed by atoms with van der Waals surface area (Å²) in [5.41, 5.74) is 0.106. The third-order valence-electron chi connectivity index (χ3n) is 5.60. The number of nitrogens with zero attached hydrogens (tertiary/aromatic N) is 3. The van der Waals surface area contributed by atoms with Crippen LogP contribution in [0.4, 0.5) is 24.7 Å². The molecular weight excluding hydrogens is 437 g/mol. The van der Waals surface area contributed by atoms with Crippen molar-refractivity contribution in [2.45, 2.75) is 19.0 Å². The van der Waals surface area contributed by atoms with E-state index in [1.54, 1.807) is 41.3 Å². The number of carbonyl (C=O) groups is 1. The van der Waals surface area contributed by atoms with Crippen molar-refractivity contribution in [3.63, 3.8) is 0 Å². The Balaban J connectivity index is 1.49. The summed E-state index contributed by atoms with van der Waals surface area (Å²) in [7, 11) is 3.03. The fraction of sp³-hybridized carbons (Fsp3) is 0.348. The lowest BCUT2D eigenvalue weighted by Gasteiger charge is -2.33. The molecule has 4 rings (SSSR count). The van der Waals surface area contributed by atoms with Gasteiger partial charge in [-0.3, -0.25) is 4.79 Å². The molecule has 2 heterocycles. The van der Waals surface area contributed by atoms with E-state index < -0.39 is 11.9 Å². The Bertz CT molecular complexity index is 1140. The number of hydrogen-bond donors (Lipinski definition) is 1. The van der Waals surface area contributed by atoms with Gasteiger partial charge in [0.25, 0.3) is 0 Å². The third-order valence-corrected chi connectivity index (χ3v) is 5.60. The van der Waals surface area contributed by atoms with Gasteiger partial charge in [-0.05, 0) is 25.0 Å². The molecule has 3 aromatic rings. The number of aromatic nitrogens is 2. The maximum Gasteiger partial charge on any atom is 0.437 e. The molecule has 10 heteroatoms. The summed E-state index contributed by atoms with van der Waals surface area (Å²) in [5, 5.41) is 2.85. The van der Waals surface area contributed by atoms with Gasteiger partial charge in [-0.1, -0.05) is 12.1 Å². The van der Waals surface area contributed by atoms with Crippen molar-refractivity contribution in [3.05, 3.63) is 48.2 Å². The molecule has 1 N–H and O–H groups in total. The molecule has 2 aromatic carbocycles. The maximum atomic E-state index is 13.7. The lowest BCUT2D eigenvalue weighted by Crippen LogP contribution is -2.39. The van der Waals surface area contributed by atoms with Crippen LogP contribution in [0, 0.1) is 5.92 Å². The Labute approximate surface area is 188 Å². The summed E-state index contributed by atoms with van der Waals surface area (Å²) in [6.45, 7) is 0.519. The van der Waals surface area contributed by atoms with E-state index in [0.717, 1.165) is 0 Å². The first-order valence-corrected chi connectivity index (χ1v) is 10.4. The van der Waals surface area contributed by atoms with Crippen molar-refractivity contribution in [1.82, 2.24) is 9.97 Å². The van der Waals surface area contributed by atoms with Crippen molar-refractivity contribution < 1.29 is 27.4 Å². The highest BCUT2D eigenvalue weighted by Gasteiger charge is 2.39. The summed E-state index contributed by atoms with van der Waals surface area (Å²) < 4.78 is 51.5. The topological polar surface area (TPSA) is 76.6 Å². The van der Waals surface area contributed by atoms with E-state index >= 15 is 0 Å². The number of rotatable bonds is 5. The molecule has 0 radical (unpaired) electrons. The van der Waals surface area contributed by atoms with Crippen LogP contribution in [0.15, 0.2) is 42.5 Å². The molecule has 1 amide bonds. The Morgan fingerprint density at radius 1 is 1.00 bits per heavy atom. The smallest absolute Gasteiger partial charge is 0.437 e. The molecule has 0 unspecified atom stereocenters. The number of carbonyl (C=O) groups excluding carboxylic acids is 1. The second kappa shape index (κ2) is 9.13. The molecule has 0 saturated carbocycles. The number of piperidine rings is 1. The summed E-state index contributed by atoms with van der Waals surface area (Å²) in [5.74, 6) is 0.326. The van der Waals surface area contributed by atoms with Gasteiger partial charge in [0.05, 0.1) is 25.3 Å². The van der Waals surface area contributed by atoms with E-state index in [1.165, 1.54) is 20.3 Å². The quantitative estimate of drug-likeness (QED) is 0.603. The number of ether oxygens (including phenoxy) is 2. The van der Waals surface area contributed by atoms with Crippen LogP contribution in [-0.2, 0) is 11.0 Å². The number of amides is 1. The fourth-order valence-electron chi connectivity index (χ4n) is 3.88. The lowest BCUT2D eigenvalue weighted by atomic mass is 9.95. The van der Waals surface area contributed by atoms with E-state index in [2.05, 4.69) is 15.3 Å². The van der Waals surface area contributed by atoms with Gasteiger partial charge < -0.3 is 19.7 Å². The molecule has 1 aliphatic heterocycles. The number of benzene rings is 2. The minimum absolute atomic E-state index is 0.191. The predicted molar refractivity (Wildman–Crippen MR) is 118 cm³/mol. The molecule has 1 aliphatic rings. The average Bonchev–Trinajstić information content (AvgIpc) is 2.82. The molecule has 7 nitrogen and oxygen atoms in total. The number of para-hydroxylation sites is 2. The Hall–Kier alpha value is -3.56. The average molecular weight is 460 g/mol. The molecule has 1 fully saturated rings. The van der Waals surface area contributed by atoms with Crippen LogP contribution in [0.3, 0.4) is 0 Å². The minimum Gasteiger partial charge on any atom is -0.497 e. The van der Waals surface area contributed by atoms with Gasteiger partial charge in [-0.2, -0.15) is 13.2 Å². The second-order valence-corrected chi connectivity index (χ2v) is 7.73. The predicted octanol–water partition coefficient (Wildman–Crippen LogP) is 4.52. The SMILES string of the molecule is COc1cc(NC(=O)C2CCN(c3nc4ccccc4nc3C(F)(F)F)CC2)cc(OC)c1. The van der Waals surface area contributed by atoms with Crippen LogP contribution in [-0.4, -0.2) is 43.2 Å². The molecule has 33 heavy (non-hydrogen) atoms. The van der Waals surface area contributed by atoms with Crippen LogP contribution >= 0.6 is 0 Å². The van der Waals surface area contributed by atoms with Gasteiger partial charge in [0.2, 0.25) is 5.91 Å². The van der Waals surface area contributed by atoms with Crippen molar-refractivity contribution in [1.29, 1.82) is 0 Å². The normalized spacial score (nSPS) is 14.9. The van der Waals surface area contributed by atoms with Crippen LogP contribution in [0.25, 0.3) is 11.0 Å². The lowest BCUT2D eigenvalue weighted by molar-refractivity contribution is -0.140. The van der Waals surface area contributed by atoms with Gasteiger partial charge in [0, 0.05) is 42.9 Å². The fourth-order valence-corrected chi connectivity index (χ4v) is 3.88. The van der Waals surface area contributed by atoms with Crippen molar-refractivity contribution in [2.24, 2.45) is 5.92 Å². The molecule has 0 aliphatic carbocycles. The van der Waals surface area contributed by atoms with Crippen LogP contribution in [0.5, 0.6) is 11.5 Å². The Morgan fingerprint density at radius 3 is 2.12 bits per heavy atom. The van der Waals surface area contributed by atoms with Crippen molar-refractivity contribution >= 4 is 28.4 Å². The van der Waals surface area contributed by atoms with Crippen LogP contribution in [0.2, 0.25) is 0 Å². The monoisotopic (exact) mass is 460 g/mol. The van der Waals surface area contributed by atoms with Crippen molar-refractivity contribution in [2.75, 3.05) is 37.5 Å². The summed E-state index contributed by atoms with van der Waals surface area (Å²) in [6, 6.07) is 11.5. The zero-order valence-corrected chi connectivity index (χ0v) is 18.1. The van der Waals surface area contributed by atoms with E-state index in [9.17, 15) is 18.0 Å². The molecule has 1 saturated heterocycles. The molecule has 174 valence electrons. The molecule has 0 spiro atoms. The summed E-state index contributed by atoms with van der Waals surface area (Å²) in [4.78, 5) is 22.4. The number of hydrogen-bond acceptors (Lipinski definition) is 6. The van der Waals surface area contributed by atoms with Crippen molar-refractivity contribution in [3.8, 4) is 11.5 Å². The maximum absolute atomic E-state index is 13.7. The first kappa shape index (κ1) is 22.6. The highest BCUT2D eigenvalue weighted by Crippen LogP contribution is 2.37. The van der Waals surface area contributed by atoms with E-state index in [1.807, 2.05) is 0 Å². The number of anilines is 2. The highest BCUT2D eigenvalue weighted by molar-refractivity contribution is 5.93. The zero-order valence-electron chi connectivity index (χ0n) is 18.1. The number of alkyl halides is 3. The van der Waals surface area contributed by atoms with E-state index in [-0.39, 0.29) is 36.2 Å². The Kier molecular flexibility index (Phi) is 6.26.